The topological polar surface area (TPSA) is 66.6 Å². The second kappa shape index (κ2) is 9.02. The first-order valence-corrected chi connectivity index (χ1v) is 10.9. The third kappa shape index (κ3) is 4.60. The van der Waals surface area contributed by atoms with Gasteiger partial charge in [-0.25, -0.2) is 8.42 Å². The van der Waals surface area contributed by atoms with Crippen LogP contribution in [0.15, 0.2) is 29.2 Å². The normalized spacial score (nSPS) is 26.4. The fourth-order valence-corrected chi connectivity index (χ4v) is 5.62. The van der Waals surface area contributed by atoms with Crippen LogP contribution in [0, 0.1) is 12.8 Å². The second-order valence-electron chi connectivity index (χ2n) is 7.56. The van der Waals surface area contributed by atoms with Crippen molar-refractivity contribution in [1.29, 1.82) is 0 Å². The van der Waals surface area contributed by atoms with E-state index in [9.17, 15) is 8.42 Å². The number of nitrogens with two attached hydrogens (primary N) is 1. The first-order chi connectivity index (χ1) is 11.9. The number of halogens is 1. The van der Waals surface area contributed by atoms with Gasteiger partial charge in [0.05, 0.1) is 4.90 Å². The van der Waals surface area contributed by atoms with Crippen LogP contribution in [0.4, 0.5) is 0 Å². The van der Waals surface area contributed by atoms with Gasteiger partial charge in [0.25, 0.3) is 0 Å². The Morgan fingerprint density at radius 2 is 1.69 bits per heavy atom. The minimum Gasteiger partial charge on any atom is -0.327 e. The third-order valence-corrected chi connectivity index (χ3v) is 7.86. The van der Waals surface area contributed by atoms with Gasteiger partial charge in [0.1, 0.15) is 0 Å². The average molecular weight is 402 g/mol. The Hall–Kier alpha value is -0.660. The first-order valence-electron chi connectivity index (χ1n) is 9.48. The van der Waals surface area contributed by atoms with Gasteiger partial charge in [-0.1, -0.05) is 31.0 Å². The molecule has 148 valence electrons. The molecule has 2 atom stereocenters. The van der Waals surface area contributed by atoms with Gasteiger partial charge in [0.2, 0.25) is 10.0 Å². The Morgan fingerprint density at radius 3 is 2.27 bits per heavy atom. The number of rotatable bonds is 4. The molecule has 2 aliphatic rings. The monoisotopic (exact) mass is 401 g/mol. The zero-order valence-corrected chi connectivity index (χ0v) is 17.4. The van der Waals surface area contributed by atoms with Gasteiger partial charge in [-0.15, -0.1) is 12.4 Å². The van der Waals surface area contributed by atoms with Crippen LogP contribution in [-0.4, -0.2) is 55.9 Å². The Bertz CT molecular complexity index is 673. The first kappa shape index (κ1) is 21.6. The molecule has 2 aliphatic heterocycles. The highest BCUT2D eigenvalue weighted by atomic mass is 35.5. The van der Waals surface area contributed by atoms with Crippen LogP contribution in [0.25, 0.3) is 0 Å². The molecule has 2 heterocycles. The minimum atomic E-state index is -3.36. The van der Waals surface area contributed by atoms with Gasteiger partial charge >= 0.3 is 0 Å². The summed E-state index contributed by atoms with van der Waals surface area (Å²) in [6, 6.07) is 7.97. The number of sulfonamides is 1. The summed E-state index contributed by atoms with van der Waals surface area (Å²) >= 11 is 0. The van der Waals surface area contributed by atoms with E-state index in [2.05, 4.69) is 11.8 Å². The molecular weight excluding hydrogens is 370 g/mol. The lowest BCUT2D eigenvalue weighted by Gasteiger charge is -2.43. The molecule has 5 nitrogen and oxygen atoms in total. The quantitative estimate of drug-likeness (QED) is 0.842. The van der Waals surface area contributed by atoms with E-state index in [0.29, 0.717) is 36.0 Å². The predicted octanol–water partition coefficient (Wildman–Crippen LogP) is 2.63. The number of likely N-dealkylation sites (tertiary alicyclic amines) is 1. The number of hydrogen-bond acceptors (Lipinski definition) is 4. The van der Waals surface area contributed by atoms with Crippen molar-refractivity contribution in [2.75, 3.05) is 26.2 Å². The minimum absolute atomic E-state index is 0. The fraction of sp³-hybridized carbons (Fsp3) is 0.684. The van der Waals surface area contributed by atoms with Crippen molar-refractivity contribution in [3.05, 3.63) is 29.8 Å². The lowest BCUT2D eigenvalue weighted by molar-refractivity contribution is 0.0781. The molecule has 0 radical (unpaired) electrons. The molecule has 0 spiro atoms. The molecule has 0 amide bonds. The maximum absolute atomic E-state index is 12.8. The Kier molecular flexibility index (Phi) is 7.51. The molecule has 1 aromatic carbocycles. The van der Waals surface area contributed by atoms with Crippen molar-refractivity contribution in [3.8, 4) is 0 Å². The second-order valence-corrected chi connectivity index (χ2v) is 9.50. The molecule has 0 aliphatic carbocycles. The Labute approximate surface area is 164 Å². The molecule has 2 saturated heterocycles. The van der Waals surface area contributed by atoms with Crippen molar-refractivity contribution in [1.82, 2.24) is 9.21 Å². The van der Waals surface area contributed by atoms with E-state index in [1.54, 1.807) is 16.4 Å². The smallest absolute Gasteiger partial charge is 0.243 e. The fourth-order valence-electron chi connectivity index (χ4n) is 4.15. The van der Waals surface area contributed by atoms with Gasteiger partial charge in [-0.05, 0) is 50.8 Å². The standard InChI is InChI=1S/C19H31N3O2S.ClH/c1-3-16-14-21(11-10-19(16)20)17-8-12-22(13-9-17)25(23,24)18-6-4-15(2)5-7-18;/h4-7,16-17,19H,3,8-14,20H2,1-2H3;1H. The van der Waals surface area contributed by atoms with Crippen LogP contribution in [0.1, 0.15) is 38.2 Å². The predicted molar refractivity (Wildman–Crippen MR) is 108 cm³/mol. The van der Waals surface area contributed by atoms with Crippen molar-refractivity contribution < 1.29 is 8.42 Å². The van der Waals surface area contributed by atoms with Crippen LogP contribution >= 0.6 is 12.4 Å². The van der Waals surface area contributed by atoms with E-state index in [-0.39, 0.29) is 12.4 Å². The average Bonchev–Trinajstić information content (AvgIpc) is 2.62. The Balaban J connectivity index is 0.00000243. The highest BCUT2D eigenvalue weighted by molar-refractivity contribution is 7.89. The van der Waals surface area contributed by atoms with Gasteiger partial charge in [0.15, 0.2) is 0 Å². The van der Waals surface area contributed by atoms with E-state index in [1.165, 1.54) is 0 Å². The summed E-state index contributed by atoms with van der Waals surface area (Å²) in [4.78, 5) is 2.96. The van der Waals surface area contributed by atoms with Crippen LogP contribution in [0.2, 0.25) is 0 Å². The number of hydrogen-bond donors (Lipinski definition) is 1. The largest absolute Gasteiger partial charge is 0.327 e. The van der Waals surface area contributed by atoms with E-state index < -0.39 is 10.0 Å². The summed E-state index contributed by atoms with van der Waals surface area (Å²) in [5.41, 5.74) is 7.30. The van der Waals surface area contributed by atoms with Gasteiger partial charge in [-0.3, -0.25) is 4.90 Å². The molecule has 2 fully saturated rings. The maximum atomic E-state index is 12.8. The van der Waals surface area contributed by atoms with Crippen LogP contribution in [-0.2, 0) is 10.0 Å². The Morgan fingerprint density at radius 1 is 1.08 bits per heavy atom. The van der Waals surface area contributed by atoms with E-state index in [1.807, 2.05) is 19.1 Å². The summed E-state index contributed by atoms with van der Waals surface area (Å²) in [6.45, 7) is 7.52. The third-order valence-electron chi connectivity index (χ3n) is 5.95. The molecule has 1 aromatic rings. The summed E-state index contributed by atoms with van der Waals surface area (Å²) < 4.78 is 27.3. The van der Waals surface area contributed by atoms with Gasteiger partial charge < -0.3 is 5.73 Å². The number of nitrogens with zero attached hydrogens (tertiary/aromatic N) is 2. The summed E-state index contributed by atoms with van der Waals surface area (Å²) in [5.74, 6) is 0.572. The van der Waals surface area contributed by atoms with E-state index in [4.69, 9.17) is 5.73 Å². The molecule has 26 heavy (non-hydrogen) atoms. The molecular formula is C19H32ClN3O2S. The molecule has 3 rings (SSSR count). The summed E-state index contributed by atoms with van der Waals surface area (Å²) in [5, 5.41) is 0. The van der Waals surface area contributed by atoms with Crippen molar-refractivity contribution >= 4 is 22.4 Å². The molecule has 2 N–H and O–H groups in total. The highest BCUT2D eigenvalue weighted by Gasteiger charge is 2.34. The van der Waals surface area contributed by atoms with E-state index in [0.717, 1.165) is 44.3 Å². The number of piperidine rings is 2. The van der Waals surface area contributed by atoms with Gasteiger partial charge in [0, 0.05) is 31.7 Å². The maximum Gasteiger partial charge on any atom is 0.243 e. The number of benzene rings is 1. The van der Waals surface area contributed by atoms with Crippen molar-refractivity contribution in [2.45, 2.75) is 56.5 Å². The van der Waals surface area contributed by atoms with Crippen LogP contribution < -0.4 is 5.73 Å². The number of aryl methyl sites for hydroxylation is 1. The molecule has 7 heteroatoms. The lowest BCUT2D eigenvalue weighted by atomic mass is 9.88. The zero-order valence-electron chi connectivity index (χ0n) is 15.8. The summed E-state index contributed by atoms with van der Waals surface area (Å²) in [6.07, 6.45) is 4.01. The van der Waals surface area contributed by atoms with Crippen LogP contribution in [0.5, 0.6) is 0 Å². The van der Waals surface area contributed by atoms with Gasteiger partial charge in [-0.2, -0.15) is 4.31 Å². The molecule has 0 saturated carbocycles. The highest BCUT2D eigenvalue weighted by Crippen LogP contribution is 2.27. The van der Waals surface area contributed by atoms with Crippen molar-refractivity contribution in [2.24, 2.45) is 11.7 Å². The zero-order chi connectivity index (χ0) is 18.0. The van der Waals surface area contributed by atoms with E-state index >= 15 is 0 Å². The van der Waals surface area contributed by atoms with Crippen LogP contribution in [0.3, 0.4) is 0 Å². The summed E-state index contributed by atoms with van der Waals surface area (Å²) in [7, 11) is -3.36. The van der Waals surface area contributed by atoms with Crippen molar-refractivity contribution in [3.63, 3.8) is 0 Å². The SMILES string of the molecule is CCC1CN(C2CCN(S(=O)(=O)c3ccc(C)cc3)CC2)CCC1N.Cl. The molecule has 0 aromatic heterocycles. The lowest BCUT2D eigenvalue weighted by Crippen LogP contribution is -2.53. The molecule has 0 bridgehead atoms. The molecule has 2 unspecified atom stereocenters.